The number of rotatable bonds is 1. The molecular formula is C14H20N6. The van der Waals surface area contributed by atoms with Crippen LogP contribution in [0.2, 0.25) is 0 Å². The number of nitrogens with zero attached hydrogens (tertiary/aromatic N) is 3. The molecule has 20 heavy (non-hydrogen) atoms. The van der Waals surface area contributed by atoms with Crippen LogP contribution in [-0.2, 0) is 6.42 Å². The number of aromatic amines is 1. The van der Waals surface area contributed by atoms with Gasteiger partial charge >= 0.3 is 0 Å². The minimum absolute atomic E-state index is 0.333. The third-order valence-corrected chi connectivity index (χ3v) is 2.60. The van der Waals surface area contributed by atoms with E-state index in [9.17, 15) is 0 Å². The van der Waals surface area contributed by atoms with E-state index in [-0.39, 0.29) is 0 Å². The van der Waals surface area contributed by atoms with E-state index in [1.54, 1.807) is 6.20 Å². The van der Waals surface area contributed by atoms with E-state index in [1.165, 1.54) is 0 Å². The minimum atomic E-state index is 0.333. The van der Waals surface area contributed by atoms with Crippen molar-refractivity contribution in [1.29, 1.82) is 0 Å². The highest BCUT2D eigenvalue weighted by Crippen LogP contribution is 2.24. The summed E-state index contributed by atoms with van der Waals surface area (Å²) >= 11 is 0. The number of anilines is 1. The number of aryl methyl sites for hydroxylation is 1. The molecule has 0 saturated carbocycles. The van der Waals surface area contributed by atoms with Gasteiger partial charge in [0.2, 0.25) is 0 Å². The number of nitrogen functional groups attached to an aromatic ring is 1. The van der Waals surface area contributed by atoms with Crippen LogP contribution in [0.25, 0.3) is 22.1 Å². The molecule has 3 aromatic heterocycles. The Hall–Kier alpha value is -2.21. The summed E-state index contributed by atoms with van der Waals surface area (Å²) in [4.78, 5) is 16.2. The number of imidazole rings is 1. The summed E-state index contributed by atoms with van der Waals surface area (Å²) in [5.41, 5.74) is 14.2. The molecule has 3 aromatic rings. The summed E-state index contributed by atoms with van der Waals surface area (Å²) in [5.74, 6) is 1.38. The van der Waals surface area contributed by atoms with Crippen molar-refractivity contribution < 1.29 is 0 Å². The Morgan fingerprint density at radius 3 is 2.60 bits per heavy atom. The maximum atomic E-state index is 5.88. The number of nitrogens with two attached hydrogens (primary N) is 2. The van der Waals surface area contributed by atoms with E-state index in [1.807, 2.05) is 32.9 Å². The van der Waals surface area contributed by atoms with Gasteiger partial charge in [-0.15, -0.1) is 0 Å². The standard InChI is InChI=1S/C11H11N5.C3H9N/c1-2-7-15-9-8-6(4-3-5-13-8)14-11(12)10(9)16-7;1-3(2)4/h3-5H,2H2,1H3,(H2,12,14)(H,15,16);3H,4H2,1-2H3. The van der Waals surface area contributed by atoms with Crippen molar-refractivity contribution in [3.05, 3.63) is 24.2 Å². The van der Waals surface area contributed by atoms with E-state index in [0.717, 1.165) is 34.3 Å². The first-order valence-electron chi connectivity index (χ1n) is 6.67. The molecule has 0 aliphatic rings. The lowest BCUT2D eigenvalue weighted by molar-refractivity contribution is 0.834. The average molecular weight is 272 g/mol. The van der Waals surface area contributed by atoms with Crippen LogP contribution in [0.15, 0.2) is 18.3 Å². The number of H-pyrrole nitrogens is 1. The van der Waals surface area contributed by atoms with Crippen molar-refractivity contribution in [2.45, 2.75) is 33.2 Å². The first-order chi connectivity index (χ1) is 9.52. The van der Waals surface area contributed by atoms with Crippen molar-refractivity contribution in [2.75, 3.05) is 5.73 Å². The third-order valence-electron chi connectivity index (χ3n) is 2.60. The van der Waals surface area contributed by atoms with Crippen molar-refractivity contribution in [1.82, 2.24) is 19.9 Å². The first-order valence-corrected chi connectivity index (χ1v) is 6.67. The van der Waals surface area contributed by atoms with Gasteiger partial charge in [-0.05, 0) is 18.2 Å². The van der Waals surface area contributed by atoms with Crippen LogP contribution in [0.1, 0.15) is 26.6 Å². The highest BCUT2D eigenvalue weighted by atomic mass is 15.0. The normalized spacial score (nSPS) is 10.8. The largest absolute Gasteiger partial charge is 0.382 e. The molecule has 0 aliphatic heterocycles. The maximum absolute atomic E-state index is 5.88. The van der Waals surface area contributed by atoms with Gasteiger partial charge < -0.3 is 16.5 Å². The van der Waals surface area contributed by atoms with Crippen LogP contribution in [0.5, 0.6) is 0 Å². The fraction of sp³-hybridized carbons (Fsp3) is 0.357. The number of hydrogen-bond donors (Lipinski definition) is 3. The molecule has 0 spiro atoms. The smallest absolute Gasteiger partial charge is 0.150 e. The van der Waals surface area contributed by atoms with Crippen LogP contribution >= 0.6 is 0 Å². The molecule has 3 heterocycles. The number of aromatic nitrogens is 4. The highest BCUT2D eigenvalue weighted by Gasteiger charge is 2.11. The maximum Gasteiger partial charge on any atom is 0.150 e. The van der Waals surface area contributed by atoms with Gasteiger partial charge in [0.05, 0.1) is 5.52 Å². The van der Waals surface area contributed by atoms with Gasteiger partial charge in [0.15, 0.2) is 0 Å². The third kappa shape index (κ3) is 2.85. The van der Waals surface area contributed by atoms with Gasteiger partial charge in [-0.25, -0.2) is 9.97 Å². The van der Waals surface area contributed by atoms with Crippen LogP contribution < -0.4 is 11.5 Å². The SMILES string of the molecule is CC(C)N.CCc1nc2c([nH]1)c(N)nc1cccnc12. The topological polar surface area (TPSA) is 106 Å². The molecule has 0 saturated heterocycles. The van der Waals surface area contributed by atoms with Crippen LogP contribution in [-0.4, -0.2) is 26.0 Å². The number of hydrogen-bond acceptors (Lipinski definition) is 5. The molecule has 5 N–H and O–H groups in total. The molecule has 0 amide bonds. The molecule has 3 rings (SSSR count). The number of fused-ring (bicyclic) bond motifs is 3. The summed E-state index contributed by atoms with van der Waals surface area (Å²) in [6.45, 7) is 5.93. The molecule has 0 fully saturated rings. The first kappa shape index (κ1) is 14.2. The summed E-state index contributed by atoms with van der Waals surface area (Å²) in [5, 5.41) is 0. The average Bonchev–Trinajstić information content (AvgIpc) is 2.83. The predicted octanol–water partition coefficient (Wildman–Crippen LogP) is 2.00. The monoisotopic (exact) mass is 272 g/mol. The predicted molar refractivity (Wildman–Crippen MR) is 82.3 cm³/mol. The van der Waals surface area contributed by atoms with Crippen molar-refractivity contribution >= 4 is 27.9 Å². The Balaban J connectivity index is 0.000000328. The lowest BCUT2D eigenvalue weighted by Crippen LogP contribution is -2.06. The van der Waals surface area contributed by atoms with E-state index in [4.69, 9.17) is 11.5 Å². The zero-order valence-electron chi connectivity index (χ0n) is 12.0. The Labute approximate surface area is 117 Å². The Morgan fingerprint density at radius 2 is 1.95 bits per heavy atom. The van der Waals surface area contributed by atoms with E-state index < -0.39 is 0 Å². The van der Waals surface area contributed by atoms with E-state index in [2.05, 4.69) is 19.9 Å². The second-order valence-corrected chi connectivity index (χ2v) is 4.87. The van der Waals surface area contributed by atoms with Gasteiger partial charge in [-0.1, -0.05) is 20.8 Å². The molecular weight excluding hydrogens is 252 g/mol. The fourth-order valence-corrected chi connectivity index (χ4v) is 1.80. The summed E-state index contributed by atoms with van der Waals surface area (Å²) in [6.07, 6.45) is 2.57. The van der Waals surface area contributed by atoms with E-state index >= 15 is 0 Å². The molecule has 0 atom stereocenters. The van der Waals surface area contributed by atoms with Crippen LogP contribution in [0.3, 0.4) is 0 Å². The molecule has 6 heteroatoms. The Bertz CT molecular complexity index is 713. The zero-order chi connectivity index (χ0) is 14.7. The minimum Gasteiger partial charge on any atom is -0.382 e. The zero-order valence-corrected chi connectivity index (χ0v) is 12.0. The molecule has 6 nitrogen and oxygen atoms in total. The van der Waals surface area contributed by atoms with Crippen molar-refractivity contribution in [3.8, 4) is 0 Å². The van der Waals surface area contributed by atoms with Crippen LogP contribution in [0, 0.1) is 0 Å². The van der Waals surface area contributed by atoms with Crippen LogP contribution in [0.4, 0.5) is 5.82 Å². The molecule has 106 valence electrons. The second-order valence-electron chi connectivity index (χ2n) is 4.87. The number of nitrogens with one attached hydrogen (secondary N) is 1. The Morgan fingerprint density at radius 1 is 1.25 bits per heavy atom. The highest BCUT2D eigenvalue weighted by molar-refractivity contribution is 6.03. The van der Waals surface area contributed by atoms with Crippen molar-refractivity contribution in [2.24, 2.45) is 5.73 Å². The molecule has 0 unspecified atom stereocenters. The van der Waals surface area contributed by atoms with Gasteiger partial charge in [0, 0.05) is 12.6 Å². The summed E-state index contributed by atoms with van der Waals surface area (Å²) in [6, 6.07) is 4.06. The summed E-state index contributed by atoms with van der Waals surface area (Å²) in [7, 11) is 0. The number of pyridine rings is 2. The molecule has 0 aliphatic carbocycles. The van der Waals surface area contributed by atoms with Gasteiger partial charge in [-0.3, -0.25) is 4.98 Å². The second kappa shape index (κ2) is 5.83. The van der Waals surface area contributed by atoms with Gasteiger partial charge in [0.25, 0.3) is 0 Å². The van der Waals surface area contributed by atoms with Gasteiger partial charge in [0.1, 0.15) is 28.2 Å². The lowest BCUT2D eigenvalue weighted by atomic mass is 10.3. The van der Waals surface area contributed by atoms with Gasteiger partial charge in [-0.2, -0.15) is 0 Å². The van der Waals surface area contributed by atoms with E-state index in [0.29, 0.717) is 11.9 Å². The summed E-state index contributed by atoms with van der Waals surface area (Å²) < 4.78 is 0. The fourth-order valence-electron chi connectivity index (χ4n) is 1.80. The lowest BCUT2D eigenvalue weighted by Gasteiger charge is -1.99. The molecule has 0 bridgehead atoms. The molecule has 0 aromatic carbocycles. The quantitative estimate of drug-likeness (QED) is 0.628. The Kier molecular flexibility index (Phi) is 4.14. The van der Waals surface area contributed by atoms with Crippen molar-refractivity contribution in [3.63, 3.8) is 0 Å². The molecule has 0 radical (unpaired) electrons.